The van der Waals surface area contributed by atoms with Crippen LogP contribution >= 0.6 is 11.8 Å². The first-order chi connectivity index (χ1) is 14.5. The van der Waals surface area contributed by atoms with Crippen molar-refractivity contribution in [2.75, 3.05) is 13.7 Å². The van der Waals surface area contributed by atoms with Crippen LogP contribution in [0.2, 0.25) is 0 Å². The summed E-state index contributed by atoms with van der Waals surface area (Å²) in [6.07, 6.45) is 3.29. The molecule has 1 saturated carbocycles. The summed E-state index contributed by atoms with van der Waals surface area (Å²) < 4.78 is 5.14. The van der Waals surface area contributed by atoms with Gasteiger partial charge >= 0.3 is 5.97 Å². The topological polar surface area (TPSA) is 71.0 Å². The molecular weight excluding hydrogens is 398 g/mol. The lowest BCUT2D eigenvalue weighted by Crippen LogP contribution is -2.38. The van der Waals surface area contributed by atoms with E-state index in [-0.39, 0.29) is 24.3 Å². The van der Waals surface area contributed by atoms with E-state index < -0.39 is 0 Å². The Kier molecular flexibility index (Phi) is 5.99. The fourth-order valence-corrected chi connectivity index (χ4v) is 4.72. The van der Waals surface area contributed by atoms with E-state index >= 15 is 0 Å². The van der Waals surface area contributed by atoms with Gasteiger partial charge in [0, 0.05) is 12.2 Å². The molecule has 1 unspecified atom stereocenters. The van der Waals surface area contributed by atoms with Crippen molar-refractivity contribution in [2.45, 2.75) is 45.6 Å². The smallest absolute Gasteiger partial charge is 0.338 e. The van der Waals surface area contributed by atoms with E-state index in [1.54, 1.807) is 0 Å². The summed E-state index contributed by atoms with van der Waals surface area (Å²) in [5, 5.41) is 5.81. The molecule has 1 N–H and O–H groups in total. The molecule has 1 aliphatic carbocycles. The van der Waals surface area contributed by atoms with Gasteiger partial charge in [0.25, 0.3) is 0 Å². The van der Waals surface area contributed by atoms with Crippen LogP contribution in [0.3, 0.4) is 0 Å². The van der Waals surface area contributed by atoms with Crippen molar-refractivity contribution in [3.63, 3.8) is 0 Å². The molecule has 3 aliphatic rings. The second-order valence-electron chi connectivity index (χ2n) is 7.93. The van der Waals surface area contributed by atoms with E-state index in [9.17, 15) is 9.59 Å². The number of aliphatic imine (C=N–C) groups is 1. The number of allylic oxidation sites excluding steroid dienone is 1. The van der Waals surface area contributed by atoms with Crippen molar-refractivity contribution in [3.8, 4) is 0 Å². The number of amides is 1. The molecule has 1 fully saturated rings. The monoisotopic (exact) mass is 425 g/mol. The van der Waals surface area contributed by atoms with Gasteiger partial charge in [0.15, 0.2) is 5.17 Å². The van der Waals surface area contributed by atoms with E-state index in [2.05, 4.69) is 5.32 Å². The molecule has 30 heavy (non-hydrogen) atoms. The van der Waals surface area contributed by atoms with Gasteiger partial charge in [-0.05, 0) is 43.1 Å². The molecule has 0 aromatic heterocycles. The number of hydrogen-bond donors (Lipinski definition) is 1. The van der Waals surface area contributed by atoms with Crippen LogP contribution in [0, 0.1) is 12.8 Å². The van der Waals surface area contributed by atoms with Crippen molar-refractivity contribution in [1.82, 2.24) is 10.2 Å². The van der Waals surface area contributed by atoms with Crippen LogP contribution in [0.4, 0.5) is 0 Å². The van der Waals surface area contributed by atoms with E-state index in [1.165, 1.54) is 31.7 Å². The van der Waals surface area contributed by atoms with Crippen molar-refractivity contribution in [3.05, 3.63) is 57.8 Å². The van der Waals surface area contributed by atoms with Gasteiger partial charge in [-0.15, -0.1) is 0 Å². The van der Waals surface area contributed by atoms with Gasteiger partial charge in [0.1, 0.15) is 0 Å². The molecule has 0 spiro atoms. The van der Waals surface area contributed by atoms with Crippen molar-refractivity contribution < 1.29 is 14.3 Å². The zero-order chi connectivity index (χ0) is 21.3. The van der Waals surface area contributed by atoms with Gasteiger partial charge < -0.3 is 15.0 Å². The number of esters is 1. The Morgan fingerprint density at radius 2 is 2.00 bits per heavy atom. The second-order valence-corrected chi connectivity index (χ2v) is 8.77. The number of methoxy groups -OCH3 is 1. The third kappa shape index (κ3) is 4.17. The Balaban J connectivity index is 1.68. The van der Waals surface area contributed by atoms with Crippen LogP contribution in [-0.4, -0.2) is 35.6 Å². The molecule has 2 heterocycles. The molecule has 0 bridgehead atoms. The van der Waals surface area contributed by atoms with Gasteiger partial charge in [0.05, 0.1) is 30.8 Å². The third-order valence-corrected chi connectivity index (χ3v) is 6.54. The molecule has 7 heteroatoms. The van der Waals surface area contributed by atoms with Crippen LogP contribution in [0.25, 0.3) is 0 Å². The average molecular weight is 426 g/mol. The zero-order valence-corrected chi connectivity index (χ0v) is 18.4. The largest absolute Gasteiger partial charge is 0.466 e. The van der Waals surface area contributed by atoms with E-state index in [0.717, 1.165) is 34.2 Å². The van der Waals surface area contributed by atoms with Crippen LogP contribution in [0.5, 0.6) is 0 Å². The highest BCUT2D eigenvalue weighted by molar-refractivity contribution is 8.16. The second kappa shape index (κ2) is 8.68. The minimum absolute atomic E-state index is 0.00235. The molecule has 1 aromatic carbocycles. The molecule has 1 atom stereocenters. The van der Waals surface area contributed by atoms with Crippen LogP contribution in [0.15, 0.2) is 51.6 Å². The molecule has 158 valence electrons. The molecule has 2 aliphatic heterocycles. The first-order valence-corrected chi connectivity index (χ1v) is 11.3. The first-order valence-electron chi connectivity index (χ1n) is 10.4. The number of ether oxygens (including phenoxy) is 1. The summed E-state index contributed by atoms with van der Waals surface area (Å²) in [6, 6.07) is 7.78. The Bertz CT molecular complexity index is 945. The van der Waals surface area contributed by atoms with E-state index in [4.69, 9.17) is 9.73 Å². The number of rotatable bonds is 7. The fraction of sp³-hybridized carbons (Fsp3) is 0.435. The van der Waals surface area contributed by atoms with E-state index in [0.29, 0.717) is 17.9 Å². The number of hydrogen-bond acceptors (Lipinski definition) is 6. The highest BCUT2D eigenvalue weighted by Gasteiger charge is 2.41. The molecule has 4 rings (SSSR count). The third-order valence-electron chi connectivity index (χ3n) is 5.65. The van der Waals surface area contributed by atoms with Crippen LogP contribution < -0.4 is 5.32 Å². The number of amidine groups is 1. The van der Waals surface area contributed by atoms with Gasteiger partial charge in [0.2, 0.25) is 5.91 Å². The summed E-state index contributed by atoms with van der Waals surface area (Å²) in [4.78, 5) is 32.1. The van der Waals surface area contributed by atoms with Crippen LogP contribution in [-0.2, 0) is 14.3 Å². The van der Waals surface area contributed by atoms with E-state index in [1.807, 2.05) is 48.4 Å². The summed E-state index contributed by atoms with van der Waals surface area (Å²) >= 11 is 1.50. The molecule has 6 nitrogen and oxygen atoms in total. The predicted octanol–water partition coefficient (Wildman–Crippen LogP) is 4.05. The Morgan fingerprint density at radius 1 is 1.27 bits per heavy atom. The minimum Gasteiger partial charge on any atom is -0.466 e. The lowest BCUT2D eigenvalue weighted by Gasteiger charge is -2.36. The highest BCUT2D eigenvalue weighted by Crippen LogP contribution is 2.45. The highest BCUT2D eigenvalue weighted by atomic mass is 32.2. The standard InChI is InChI=1S/C23H27N3O3S/c1-4-18-20(22(28)29-3)21(16-9-5-14(2)6-10-16)26-17(13-30-23(26)25-18)11-19(27)24-12-15-7-8-15/h5-6,9-10,13,15,21H,4,7-8,11-12H2,1-3H3,(H,24,27). The minimum atomic E-state index is -0.380. The number of nitrogens with zero attached hydrogens (tertiary/aromatic N) is 2. The van der Waals surface area contributed by atoms with Crippen molar-refractivity contribution in [1.29, 1.82) is 0 Å². The Morgan fingerprint density at radius 3 is 2.63 bits per heavy atom. The molecule has 1 amide bonds. The maximum Gasteiger partial charge on any atom is 0.338 e. The van der Waals surface area contributed by atoms with Crippen molar-refractivity contribution in [2.24, 2.45) is 10.9 Å². The van der Waals surface area contributed by atoms with Gasteiger partial charge in [-0.3, -0.25) is 4.79 Å². The Labute approximate surface area is 181 Å². The lowest BCUT2D eigenvalue weighted by atomic mass is 9.92. The summed E-state index contributed by atoms with van der Waals surface area (Å²) in [5.41, 5.74) is 4.26. The van der Waals surface area contributed by atoms with Crippen molar-refractivity contribution >= 4 is 28.8 Å². The fourth-order valence-electron chi connectivity index (χ4n) is 3.78. The number of aryl methyl sites for hydroxylation is 1. The van der Waals surface area contributed by atoms with Gasteiger partial charge in [-0.25, -0.2) is 9.79 Å². The number of thioether (sulfide) groups is 1. The predicted molar refractivity (Wildman–Crippen MR) is 119 cm³/mol. The summed E-state index contributed by atoms with van der Waals surface area (Å²) in [5.74, 6) is 0.256. The molecule has 0 radical (unpaired) electrons. The van der Waals surface area contributed by atoms with Gasteiger partial charge in [-0.2, -0.15) is 0 Å². The number of fused-ring (bicyclic) bond motifs is 1. The molecular formula is C23H27N3O3S. The Hall–Kier alpha value is -2.54. The number of benzene rings is 1. The van der Waals surface area contributed by atoms with Gasteiger partial charge in [-0.1, -0.05) is 48.5 Å². The quantitative estimate of drug-likeness (QED) is 0.668. The summed E-state index contributed by atoms with van der Waals surface area (Å²) in [7, 11) is 1.40. The zero-order valence-electron chi connectivity index (χ0n) is 17.6. The number of carbonyl (C=O) groups is 2. The normalized spacial score (nSPS) is 20.5. The lowest BCUT2D eigenvalue weighted by molar-refractivity contribution is -0.136. The summed E-state index contributed by atoms with van der Waals surface area (Å²) in [6.45, 7) is 4.77. The number of carbonyl (C=O) groups excluding carboxylic acids is 2. The molecule has 0 saturated heterocycles. The average Bonchev–Trinajstić information content (AvgIpc) is 3.51. The molecule has 1 aromatic rings. The number of nitrogens with one attached hydrogen (secondary N) is 1. The maximum atomic E-state index is 12.8. The SMILES string of the molecule is CCC1=C(C(=O)OC)C(c2ccc(C)cc2)N2C(CC(=O)NCC3CC3)=CSC2=N1. The maximum absolute atomic E-state index is 12.8. The van der Waals surface area contributed by atoms with Crippen LogP contribution in [0.1, 0.15) is 49.8 Å². The first kappa shape index (κ1) is 20.7.